The summed E-state index contributed by atoms with van der Waals surface area (Å²) < 4.78 is 5.39. The zero-order valence-corrected chi connectivity index (χ0v) is 7.83. The first-order valence-electron chi connectivity index (χ1n) is 4.68. The Morgan fingerprint density at radius 2 is 1.83 bits per heavy atom. The molecule has 1 aliphatic carbocycles. The normalized spacial score (nSPS) is 15.2. The molecular formula is C9H20O3. The quantitative estimate of drug-likeness (QED) is 0.613. The molecule has 0 spiro atoms. The third kappa shape index (κ3) is 9.88. The summed E-state index contributed by atoms with van der Waals surface area (Å²) >= 11 is 0. The predicted molar refractivity (Wildman–Crippen MR) is 48.1 cm³/mol. The fourth-order valence-electron chi connectivity index (χ4n) is 0.629. The van der Waals surface area contributed by atoms with Gasteiger partial charge >= 0.3 is 0 Å². The fraction of sp³-hybridized carbons (Fsp3) is 1.00. The van der Waals surface area contributed by atoms with Crippen LogP contribution in [0.15, 0.2) is 0 Å². The summed E-state index contributed by atoms with van der Waals surface area (Å²) in [6.07, 6.45) is 5.76. The molecule has 2 N–H and O–H groups in total. The van der Waals surface area contributed by atoms with Crippen molar-refractivity contribution in [2.24, 2.45) is 0 Å². The number of aliphatic hydroxyl groups excluding tert-OH is 2. The van der Waals surface area contributed by atoms with Crippen LogP contribution in [0.25, 0.3) is 0 Å². The number of ether oxygens (including phenoxy) is 1. The second-order valence-corrected chi connectivity index (χ2v) is 2.87. The van der Waals surface area contributed by atoms with Gasteiger partial charge in [0.2, 0.25) is 0 Å². The second-order valence-electron chi connectivity index (χ2n) is 2.87. The van der Waals surface area contributed by atoms with Crippen molar-refractivity contribution < 1.29 is 14.9 Å². The monoisotopic (exact) mass is 176 g/mol. The van der Waals surface area contributed by atoms with Gasteiger partial charge in [-0.1, -0.05) is 13.3 Å². The van der Waals surface area contributed by atoms with Crippen molar-refractivity contribution in [2.45, 2.75) is 38.7 Å². The highest BCUT2D eigenvalue weighted by Gasteiger charge is 2.20. The summed E-state index contributed by atoms with van der Waals surface area (Å²) in [6.45, 7) is 2.93. The first kappa shape index (κ1) is 11.9. The highest BCUT2D eigenvalue weighted by molar-refractivity contribution is 4.72. The Bertz CT molecular complexity index is 79.8. The van der Waals surface area contributed by atoms with Gasteiger partial charge in [0.25, 0.3) is 0 Å². The molecule has 3 nitrogen and oxygen atoms in total. The van der Waals surface area contributed by atoms with E-state index in [0.717, 1.165) is 6.61 Å². The molecule has 0 unspecified atom stereocenters. The van der Waals surface area contributed by atoms with Crippen LogP contribution in [-0.2, 0) is 4.74 Å². The van der Waals surface area contributed by atoms with Crippen molar-refractivity contribution in [2.75, 3.05) is 19.8 Å². The Balaban J connectivity index is 0.000000261. The van der Waals surface area contributed by atoms with Gasteiger partial charge in [-0.3, -0.25) is 0 Å². The van der Waals surface area contributed by atoms with E-state index in [9.17, 15) is 0 Å². The number of hydrogen-bond donors (Lipinski definition) is 2. The molecule has 0 aromatic heterocycles. The lowest BCUT2D eigenvalue weighted by Crippen LogP contribution is -1.94. The number of rotatable bonds is 5. The van der Waals surface area contributed by atoms with Gasteiger partial charge in [-0.05, 0) is 19.3 Å². The number of unbranched alkanes of at least 4 members (excludes halogenated alkanes) is 1. The predicted octanol–water partition coefficient (Wildman–Crippen LogP) is 0.936. The molecule has 0 heterocycles. The van der Waals surface area contributed by atoms with E-state index >= 15 is 0 Å². The standard InChI is InChI=1S/C7H14O.C2H6O2/c1-2-3-6-8-7-4-5-7;3-1-2-4/h7H,2-6H2,1H3;3-4H,1-2H2. The summed E-state index contributed by atoms with van der Waals surface area (Å²) in [7, 11) is 0. The average Bonchev–Trinajstić information content (AvgIpc) is 2.89. The lowest BCUT2D eigenvalue weighted by molar-refractivity contribution is 0.117. The maximum Gasteiger partial charge on any atom is 0.0662 e. The van der Waals surface area contributed by atoms with Gasteiger partial charge in [-0.2, -0.15) is 0 Å². The third-order valence-corrected chi connectivity index (χ3v) is 1.48. The van der Waals surface area contributed by atoms with E-state index in [-0.39, 0.29) is 13.2 Å². The minimum absolute atomic E-state index is 0.125. The first-order valence-corrected chi connectivity index (χ1v) is 4.68. The van der Waals surface area contributed by atoms with Gasteiger partial charge in [-0.25, -0.2) is 0 Å². The smallest absolute Gasteiger partial charge is 0.0662 e. The van der Waals surface area contributed by atoms with Crippen molar-refractivity contribution in [3.63, 3.8) is 0 Å². The highest BCUT2D eigenvalue weighted by Crippen LogP contribution is 2.23. The molecule has 0 amide bonds. The van der Waals surface area contributed by atoms with E-state index in [2.05, 4.69) is 6.92 Å². The van der Waals surface area contributed by atoms with Crippen LogP contribution in [0.2, 0.25) is 0 Å². The molecule has 1 rings (SSSR count). The summed E-state index contributed by atoms with van der Waals surface area (Å²) in [5, 5.41) is 15.2. The molecule has 0 radical (unpaired) electrons. The van der Waals surface area contributed by atoms with Crippen LogP contribution in [-0.4, -0.2) is 36.1 Å². The lowest BCUT2D eigenvalue weighted by Gasteiger charge is -1.96. The molecule has 0 bridgehead atoms. The zero-order valence-electron chi connectivity index (χ0n) is 7.83. The zero-order chi connectivity index (χ0) is 9.23. The van der Waals surface area contributed by atoms with Crippen molar-refractivity contribution in [3.8, 4) is 0 Å². The maximum atomic E-state index is 7.62. The summed E-state index contributed by atoms with van der Waals surface area (Å²) in [6, 6.07) is 0. The van der Waals surface area contributed by atoms with E-state index in [1.54, 1.807) is 0 Å². The minimum atomic E-state index is -0.125. The Labute approximate surface area is 74.4 Å². The first-order chi connectivity index (χ1) is 5.85. The van der Waals surface area contributed by atoms with Crippen LogP contribution in [0.4, 0.5) is 0 Å². The number of aliphatic hydroxyl groups is 2. The Morgan fingerprint density at radius 3 is 2.17 bits per heavy atom. The summed E-state index contributed by atoms with van der Waals surface area (Å²) in [5.74, 6) is 0. The van der Waals surface area contributed by atoms with E-state index < -0.39 is 0 Å². The van der Waals surface area contributed by atoms with Crippen LogP contribution < -0.4 is 0 Å². The van der Waals surface area contributed by atoms with Crippen LogP contribution in [0.3, 0.4) is 0 Å². The van der Waals surface area contributed by atoms with Gasteiger partial charge in [0.05, 0.1) is 19.3 Å². The molecule has 12 heavy (non-hydrogen) atoms. The Morgan fingerprint density at radius 1 is 1.25 bits per heavy atom. The Hall–Kier alpha value is -0.120. The van der Waals surface area contributed by atoms with E-state index in [4.69, 9.17) is 14.9 Å². The molecule has 0 aliphatic heterocycles. The molecule has 74 valence electrons. The molecule has 0 aromatic carbocycles. The van der Waals surface area contributed by atoms with Gasteiger partial charge in [0.1, 0.15) is 0 Å². The Kier molecular flexibility index (Phi) is 8.88. The molecule has 0 atom stereocenters. The number of hydrogen-bond acceptors (Lipinski definition) is 3. The average molecular weight is 176 g/mol. The second kappa shape index (κ2) is 8.97. The molecule has 1 saturated carbocycles. The summed E-state index contributed by atoms with van der Waals surface area (Å²) in [5.41, 5.74) is 0. The molecule has 0 aromatic rings. The van der Waals surface area contributed by atoms with Crippen LogP contribution >= 0.6 is 0 Å². The van der Waals surface area contributed by atoms with Gasteiger partial charge in [0.15, 0.2) is 0 Å². The minimum Gasteiger partial charge on any atom is -0.394 e. The fourth-order valence-corrected chi connectivity index (χ4v) is 0.629. The van der Waals surface area contributed by atoms with Crippen molar-refractivity contribution in [1.82, 2.24) is 0 Å². The topological polar surface area (TPSA) is 49.7 Å². The molecule has 0 saturated heterocycles. The largest absolute Gasteiger partial charge is 0.394 e. The van der Waals surface area contributed by atoms with Gasteiger partial charge < -0.3 is 14.9 Å². The van der Waals surface area contributed by atoms with E-state index in [0.29, 0.717) is 6.10 Å². The SMILES string of the molecule is CCCCOC1CC1.OCCO. The third-order valence-electron chi connectivity index (χ3n) is 1.48. The summed E-state index contributed by atoms with van der Waals surface area (Å²) in [4.78, 5) is 0. The molecule has 3 heteroatoms. The van der Waals surface area contributed by atoms with Gasteiger partial charge in [-0.15, -0.1) is 0 Å². The van der Waals surface area contributed by atoms with Crippen LogP contribution in [0.1, 0.15) is 32.6 Å². The lowest BCUT2D eigenvalue weighted by atomic mass is 10.4. The molecular weight excluding hydrogens is 156 g/mol. The molecule has 1 aliphatic rings. The van der Waals surface area contributed by atoms with Crippen LogP contribution in [0.5, 0.6) is 0 Å². The van der Waals surface area contributed by atoms with E-state index in [1.165, 1.54) is 25.7 Å². The molecule has 1 fully saturated rings. The van der Waals surface area contributed by atoms with Crippen LogP contribution in [0, 0.1) is 0 Å². The van der Waals surface area contributed by atoms with E-state index in [1.807, 2.05) is 0 Å². The van der Waals surface area contributed by atoms with Crippen molar-refractivity contribution >= 4 is 0 Å². The van der Waals surface area contributed by atoms with Gasteiger partial charge in [0, 0.05) is 6.61 Å². The van der Waals surface area contributed by atoms with Crippen molar-refractivity contribution in [1.29, 1.82) is 0 Å². The highest BCUT2D eigenvalue weighted by atomic mass is 16.5. The maximum absolute atomic E-state index is 7.62. The van der Waals surface area contributed by atoms with Crippen molar-refractivity contribution in [3.05, 3.63) is 0 Å².